The molecule has 0 aliphatic rings. The lowest BCUT2D eigenvalue weighted by atomic mass is 10.2. The van der Waals surface area contributed by atoms with Crippen LogP contribution in [0.25, 0.3) is 0 Å². The highest BCUT2D eigenvalue weighted by Crippen LogP contribution is 2.16. The van der Waals surface area contributed by atoms with E-state index in [1.54, 1.807) is 24.3 Å². The first kappa shape index (κ1) is 22.4. The van der Waals surface area contributed by atoms with Crippen molar-refractivity contribution in [3.05, 3.63) is 24.3 Å². The zero-order chi connectivity index (χ0) is 19.6. The number of nitrogens with one attached hydrogen (secondary N) is 1. The second-order valence-corrected chi connectivity index (χ2v) is 8.51. The van der Waals surface area contributed by atoms with Gasteiger partial charge in [0, 0.05) is 25.1 Å². The minimum atomic E-state index is -3.41. The van der Waals surface area contributed by atoms with Crippen LogP contribution in [-0.2, 0) is 23.8 Å². The van der Waals surface area contributed by atoms with E-state index in [-0.39, 0.29) is 18.1 Å². The molecule has 0 spiro atoms. The van der Waals surface area contributed by atoms with E-state index in [4.69, 9.17) is 9.47 Å². The summed E-state index contributed by atoms with van der Waals surface area (Å²) >= 11 is 0. The van der Waals surface area contributed by atoms with Crippen LogP contribution in [0.5, 0.6) is 5.75 Å². The summed E-state index contributed by atoms with van der Waals surface area (Å²) in [5.74, 6) is 0.579. The Balaban J connectivity index is 2.24. The predicted octanol–water partition coefficient (Wildman–Crippen LogP) is 2.97. The molecule has 0 saturated carbocycles. The van der Waals surface area contributed by atoms with E-state index in [0.29, 0.717) is 43.9 Å². The van der Waals surface area contributed by atoms with E-state index >= 15 is 0 Å². The van der Waals surface area contributed by atoms with Crippen LogP contribution < -0.4 is 10.1 Å². The maximum atomic E-state index is 11.9. The first-order valence-corrected chi connectivity index (χ1v) is 10.4. The van der Waals surface area contributed by atoms with Crippen LogP contribution >= 0.6 is 0 Å². The van der Waals surface area contributed by atoms with Gasteiger partial charge in [-0.1, -0.05) is 0 Å². The maximum Gasteiger partial charge on any atom is 0.264 e. The van der Waals surface area contributed by atoms with Gasteiger partial charge >= 0.3 is 0 Å². The first-order valence-electron chi connectivity index (χ1n) is 8.56. The van der Waals surface area contributed by atoms with Crippen LogP contribution in [0.1, 0.15) is 40.0 Å². The lowest BCUT2D eigenvalue weighted by Crippen LogP contribution is -2.20. The molecule has 1 amide bonds. The number of hydrogen-bond donors (Lipinski definition) is 1. The van der Waals surface area contributed by atoms with Crippen molar-refractivity contribution >= 4 is 21.7 Å². The Kier molecular flexibility index (Phi) is 9.04. The molecule has 0 fully saturated rings. The summed E-state index contributed by atoms with van der Waals surface area (Å²) in [6.07, 6.45) is 2.54. The van der Waals surface area contributed by atoms with Gasteiger partial charge in [0.15, 0.2) is 0 Å². The van der Waals surface area contributed by atoms with Gasteiger partial charge in [0.1, 0.15) is 5.75 Å². The van der Waals surface area contributed by atoms with Crippen molar-refractivity contribution in [2.45, 2.75) is 45.6 Å². The van der Waals surface area contributed by atoms with Crippen molar-refractivity contribution in [3.63, 3.8) is 0 Å². The fourth-order valence-electron chi connectivity index (χ4n) is 1.93. The second kappa shape index (κ2) is 10.5. The molecule has 0 radical (unpaired) electrons. The Morgan fingerprint density at radius 2 is 1.69 bits per heavy atom. The number of amides is 1. The average molecular weight is 387 g/mol. The molecule has 8 heteroatoms. The molecule has 148 valence electrons. The van der Waals surface area contributed by atoms with Gasteiger partial charge in [-0.3, -0.25) is 8.98 Å². The monoisotopic (exact) mass is 387 g/mol. The predicted molar refractivity (Wildman–Crippen MR) is 101 cm³/mol. The highest BCUT2D eigenvalue weighted by atomic mass is 32.2. The van der Waals surface area contributed by atoms with E-state index in [1.165, 1.54) is 0 Å². The molecule has 1 N–H and O–H groups in total. The van der Waals surface area contributed by atoms with Crippen LogP contribution in [0, 0.1) is 0 Å². The van der Waals surface area contributed by atoms with E-state index < -0.39 is 10.1 Å². The fourth-order valence-corrected chi connectivity index (χ4v) is 2.35. The van der Waals surface area contributed by atoms with Crippen molar-refractivity contribution < 1.29 is 26.9 Å². The Hall–Kier alpha value is -1.64. The first-order chi connectivity index (χ1) is 12.1. The van der Waals surface area contributed by atoms with Crippen molar-refractivity contribution in [2.75, 3.05) is 31.4 Å². The lowest BCUT2D eigenvalue weighted by Gasteiger charge is -2.19. The third-order valence-electron chi connectivity index (χ3n) is 3.08. The van der Waals surface area contributed by atoms with Crippen molar-refractivity contribution in [1.29, 1.82) is 0 Å². The molecule has 7 nitrogen and oxygen atoms in total. The normalized spacial score (nSPS) is 12.0. The Morgan fingerprint density at radius 3 is 2.27 bits per heavy atom. The molecule has 1 rings (SSSR count). The molecule has 26 heavy (non-hydrogen) atoms. The van der Waals surface area contributed by atoms with E-state index in [9.17, 15) is 13.2 Å². The van der Waals surface area contributed by atoms with Gasteiger partial charge in [-0.2, -0.15) is 8.42 Å². The summed E-state index contributed by atoms with van der Waals surface area (Å²) in [4.78, 5) is 11.9. The highest BCUT2D eigenvalue weighted by Gasteiger charge is 2.10. The van der Waals surface area contributed by atoms with Gasteiger partial charge in [-0.25, -0.2) is 0 Å². The van der Waals surface area contributed by atoms with Gasteiger partial charge < -0.3 is 14.8 Å². The van der Waals surface area contributed by atoms with Crippen LogP contribution in [0.15, 0.2) is 24.3 Å². The smallest absolute Gasteiger partial charge is 0.264 e. The summed E-state index contributed by atoms with van der Waals surface area (Å²) in [6.45, 7) is 6.92. The van der Waals surface area contributed by atoms with E-state index in [2.05, 4.69) is 9.50 Å². The minimum absolute atomic E-state index is 0.0610. The molecule has 0 heterocycles. The van der Waals surface area contributed by atoms with Crippen molar-refractivity contribution in [2.24, 2.45) is 0 Å². The standard InChI is InChI=1S/C18H29NO6S/c1-18(2,3)24-13-5-7-17(20)19-15-8-10-16(11-9-15)23-12-6-14-25-26(4,21)22/h8-11H,5-7,12-14H2,1-4H3,(H,19,20). The minimum Gasteiger partial charge on any atom is -0.494 e. The molecular formula is C18H29NO6S. The Bertz CT molecular complexity index is 649. The van der Waals surface area contributed by atoms with Gasteiger partial charge in [0.05, 0.1) is 25.1 Å². The van der Waals surface area contributed by atoms with Gasteiger partial charge in [0.25, 0.3) is 10.1 Å². The lowest BCUT2D eigenvalue weighted by molar-refractivity contribution is -0.116. The molecule has 1 aromatic rings. The number of ether oxygens (including phenoxy) is 2. The molecule has 0 aliphatic heterocycles. The quantitative estimate of drug-likeness (QED) is 0.464. The third-order valence-corrected chi connectivity index (χ3v) is 3.67. The van der Waals surface area contributed by atoms with Crippen LogP contribution in [0.2, 0.25) is 0 Å². The number of carbonyl (C=O) groups excluding carboxylic acids is 1. The number of rotatable bonds is 11. The van der Waals surface area contributed by atoms with Crippen LogP contribution in [0.4, 0.5) is 5.69 Å². The molecular weight excluding hydrogens is 358 g/mol. The fraction of sp³-hybridized carbons (Fsp3) is 0.611. The zero-order valence-corrected chi connectivity index (χ0v) is 16.7. The van der Waals surface area contributed by atoms with Crippen molar-refractivity contribution in [3.8, 4) is 5.75 Å². The average Bonchev–Trinajstić information content (AvgIpc) is 2.51. The van der Waals surface area contributed by atoms with Gasteiger partial charge in [-0.05, 0) is 51.5 Å². The molecule has 0 saturated heterocycles. The molecule has 1 aromatic carbocycles. The molecule has 0 bridgehead atoms. The molecule has 0 aromatic heterocycles. The Labute approximate surface area is 156 Å². The van der Waals surface area contributed by atoms with E-state index in [0.717, 1.165) is 6.26 Å². The van der Waals surface area contributed by atoms with Crippen LogP contribution in [0.3, 0.4) is 0 Å². The van der Waals surface area contributed by atoms with Crippen molar-refractivity contribution in [1.82, 2.24) is 0 Å². The van der Waals surface area contributed by atoms with Gasteiger partial charge in [-0.15, -0.1) is 0 Å². The molecule has 0 unspecified atom stereocenters. The highest BCUT2D eigenvalue weighted by molar-refractivity contribution is 7.85. The van der Waals surface area contributed by atoms with Gasteiger partial charge in [0.2, 0.25) is 5.91 Å². The number of carbonyl (C=O) groups is 1. The number of anilines is 1. The van der Waals surface area contributed by atoms with E-state index in [1.807, 2.05) is 20.8 Å². The summed E-state index contributed by atoms with van der Waals surface area (Å²) in [5, 5.41) is 2.82. The Morgan fingerprint density at radius 1 is 1.04 bits per heavy atom. The number of hydrogen-bond acceptors (Lipinski definition) is 6. The van der Waals surface area contributed by atoms with Crippen LogP contribution in [-0.4, -0.2) is 46.0 Å². The largest absolute Gasteiger partial charge is 0.494 e. The maximum absolute atomic E-state index is 11.9. The molecule has 0 aliphatic carbocycles. The molecule has 0 atom stereocenters. The topological polar surface area (TPSA) is 90.9 Å². The third kappa shape index (κ3) is 11.8. The summed E-state index contributed by atoms with van der Waals surface area (Å²) in [5.41, 5.74) is 0.503. The second-order valence-electron chi connectivity index (χ2n) is 6.87. The zero-order valence-electron chi connectivity index (χ0n) is 15.9. The summed E-state index contributed by atoms with van der Waals surface area (Å²) < 4.78 is 37.3. The summed E-state index contributed by atoms with van der Waals surface area (Å²) in [6, 6.07) is 7.00. The number of benzene rings is 1. The SMILES string of the molecule is CC(C)(C)OCCCC(=O)Nc1ccc(OCCCOS(C)(=O)=O)cc1. The summed E-state index contributed by atoms with van der Waals surface area (Å²) in [7, 11) is -3.41.